The van der Waals surface area contributed by atoms with Crippen molar-refractivity contribution in [1.82, 2.24) is 19.7 Å². The molecule has 2 aromatic heterocycles. The molecule has 1 aliphatic heterocycles. The van der Waals surface area contributed by atoms with Crippen LogP contribution in [0.15, 0.2) is 30.7 Å². The molecule has 3 aromatic rings. The molecule has 0 saturated heterocycles. The first-order chi connectivity index (χ1) is 16.7. The summed E-state index contributed by atoms with van der Waals surface area (Å²) in [5.74, 6) is -2.45. The van der Waals surface area contributed by atoms with Gasteiger partial charge in [0.05, 0.1) is 18.9 Å². The van der Waals surface area contributed by atoms with Gasteiger partial charge in [0.25, 0.3) is 5.91 Å². The summed E-state index contributed by atoms with van der Waals surface area (Å²) in [6.45, 7) is 9.23. The second-order valence-electron chi connectivity index (χ2n) is 8.84. The summed E-state index contributed by atoms with van der Waals surface area (Å²) >= 11 is 0. The van der Waals surface area contributed by atoms with Gasteiger partial charge >= 0.3 is 0 Å². The molecule has 7 nitrogen and oxygen atoms in total. The molecular weight excluding hydrogens is 457 g/mol. The van der Waals surface area contributed by atoms with Gasteiger partial charge < -0.3 is 9.80 Å². The number of fused-ring (bicyclic) bond motifs is 1. The Kier molecular flexibility index (Phi) is 6.82. The summed E-state index contributed by atoms with van der Waals surface area (Å²) in [5.41, 5.74) is 1.25. The Labute approximate surface area is 202 Å². The Morgan fingerprint density at radius 1 is 0.971 bits per heavy atom. The van der Waals surface area contributed by atoms with Crippen molar-refractivity contribution in [3.8, 4) is 0 Å². The lowest BCUT2D eigenvalue weighted by molar-refractivity contribution is -0.123. The van der Waals surface area contributed by atoms with Gasteiger partial charge in [0.2, 0.25) is 0 Å². The van der Waals surface area contributed by atoms with Crippen molar-refractivity contribution in [2.75, 3.05) is 22.9 Å². The molecule has 0 unspecified atom stereocenters. The average Bonchev–Trinajstić information content (AvgIpc) is 3.29. The molecule has 10 heteroatoms. The van der Waals surface area contributed by atoms with Crippen molar-refractivity contribution >= 4 is 17.4 Å². The monoisotopic (exact) mass is 486 g/mol. The molecule has 0 N–H and O–H groups in total. The number of benzene rings is 1. The van der Waals surface area contributed by atoms with E-state index in [4.69, 9.17) is 4.98 Å². The van der Waals surface area contributed by atoms with Crippen molar-refractivity contribution < 1.29 is 18.0 Å². The molecule has 0 saturated carbocycles. The predicted molar refractivity (Wildman–Crippen MR) is 127 cm³/mol. The second kappa shape index (κ2) is 9.67. The van der Waals surface area contributed by atoms with Crippen LogP contribution < -0.4 is 9.80 Å². The number of anilines is 2. The Morgan fingerprint density at radius 3 is 2.31 bits per heavy atom. The van der Waals surface area contributed by atoms with E-state index in [1.165, 1.54) is 0 Å². The van der Waals surface area contributed by atoms with Crippen molar-refractivity contribution in [2.24, 2.45) is 0 Å². The first-order valence-corrected chi connectivity index (χ1v) is 11.8. The largest absolute Gasteiger partial charge is 0.341 e. The van der Waals surface area contributed by atoms with Crippen LogP contribution in [-0.4, -0.2) is 44.3 Å². The lowest BCUT2D eigenvalue weighted by atomic mass is 9.91. The van der Waals surface area contributed by atoms with Gasteiger partial charge in [0.1, 0.15) is 17.1 Å². The molecule has 1 aliphatic rings. The number of nitrogens with zero attached hydrogens (tertiary/aromatic N) is 6. The number of rotatable bonds is 8. The molecule has 4 rings (SSSR count). The lowest BCUT2D eigenvalue weighted by Crippen LogP contribution is -2.62. The van der Waals surface area contributed by atoms with Gasteiger partial charge in [0.15, 0.2) is 23.3 Å². The van der Waals surface area contributed by atoms with Crippen LogP contribution in [0.25, 0.3) is 0 Å². The van der Waals surface area contributed by atoms with E-state index in [0.717, 1.165) is 29.2 Å². The van der Waals surface area contributed by atoms with Crippen molar-refractivity contribution in [1.29, 1.82) is 0 Å². The van der Waals surface area contributed by atoms with Gasteiger partial charge in [-0.3, -0.25) is 9.48 Å². The quantitative estimate of drug-likeness (QED) is 0.445. The van der Waals surface area contributed by atoms with Crippen LogP contribution in [0.1, 0.15) is 51.1 Å². The Morgan fingerprint density at radius 2 is 1.69 bits per heavy atom. The van der Waals surface area contributed by atoms with Crippen molar-refractivity contribution in [3.05, 3.63) is 65.1 Å². The number of carbonyl (C=O) groups excluding carboxylic acids is 1. The summed E-state index contributed by atoms with van der Waals surface area (Å²) in [6.07, 6.45) is 7.01. The highest BCUT2D eigenvalue weighted by atomic mass is 19.2. The zero-order valence-corrected chi connectivity index (χ0v) is 20.4. The Bertz CT molecular complexity index is 1220. The van der Waals surface area contributed by atoms with E-state index in [1.807, 2.05) is 27.7 Å². The molecule has 35 heavy (non-hydrogen) atoms. The summed E-state index contributed by atoms with van der Waals surface area (Å²) in [4.78, 5) is 26.3. The number of aryl methyl sites for hydroxylation is 2. The standard InChI is InChI=1S/C25H29F3N6O/c1-5-25(4)24(35)33(6-2)20-13-29-21(31-23(20)34(25)7-3)9-8-16-12-30-32(14-16)15-17-10-18(26)22(28)19(27)11-17/h10-14H,5-9,15H2,1-4H3/t25-/m0/s1. The molecule has 1 amide bonds. The van der Waals surface area contributed by atoms with Crippen LogP contribution in [0.5, 0.6) is 0 Å². The Hall–Kier alpha value is -3.43. The zero-order chi connectivity index (χ0) is 25.3. The fraction of sp³-hybridized carbons (Fsp3) is 0.440. The fourth-order valence-corrected chi connectivity index (χ4v) is 4.58. The van der Waals surface area contributed by atoms with Gasteiger partial charge in [0, 0.05) is 25.7 Å². The molecule has 0 fully saturated rings. The third-order valence-corrected chi connectivity index (χ3v) is 6.68. The molecule has 0 radical (unpaired) electrons. The van der Waals surface area contributed by atoms with Crippen LogP contribution in [0.3, 0.4) is 0 Å². The minimum absolute atomic E-state index is 0.0570. The maximum Gasteiger partial charge on any atom is 0.252 e. The Balaban J connectivity index is 1.51. The van der Waals surface area contributed by atoms with E-state index in [-0.39, 0.29) is 18.0 Å². The number of aromatic nitrogens is 4. The van der Waals surface area contributed by atoms with E-state index in [9.17, 15) is 18.0 Å². The third kappa shape index (κ3) is 4.49. The normalized spacial score (nSPS) is 17.7. The van der Waals surface area contributed by atoms with E-state index < -0.39 is 23.0 Å². The zero-order valence-electron chi connectivity index (χ0n) is 20.4. The molecule has 3 heterocycles. The van der Waals surface area contributed by atoms with Crippen LogP contribution in [0.2, 0.25) is 0 Å². The molecular formula is C25H29F3N6O. The van der Waals surface area contributed by atoms with Gasteiger partial charge in [-0.1, -0.05) is 6.92 Å². The highest BCUT2D eigenvalue weighted by molar-refractivity contribution is 6.07. The molecule has 1 atom stereocenters. The molecule has 1 aromatic carbocycles. The van der Waals surface area contributed by atoms with Crippen LogP contribution in [-0.2, 0) is 24.2 Å². The number of hydrogen-bond acceptors (Lipinski definition) is 5. The minimum Gasteiger partial charge on any atom is -0.341 e. The smallest absolute Gasteiger partial charge is 0.252 e. The maximum absolute atomic E-state index is 13.5. The first-order valence-electron chi connectivity index (χ1n) is 11.8. The maximum atomic E-state index is 13.5. The van der Waals surface area contributed by atoms with Crippen LogP contribution in [0, 0.1) is 17.5 Å². The highest BCUT2D eigenvalue weighted by Gasteiger charge is 2.46. The van der Waals surface area contributed by atoms with E-state index in [2.05, 4.69) is 15.0 Å². The topological polar surface area (TPSA) is 67.2 Å². The average molecular weight is 487 g/mol. The second-order valence-corrected chi connectivity index (χ2v) is 8.84. The number of amides is 1. The van der Waals surface area contributed by atoms with Gasteiger partial charge in [-0.05, 0) is 56.9 Å². The molecule has 0 spiro atoms. The van der Waals surface area contributed by atoms with E-state index in [0.29, 0.717) is 38.2 Å². The van der Waals surface area contributed by atoms with Crippen LogP contribution in [0.4, 0.5) is 24.7 Å². The highest BCUT2D eigenvalue weighted by Crippen LogP contribution is 2.40. The third-order valence-electron chi connectivity index (χ3n) is 6.68. The number of likely N-dealkylation sites (N-methyl/N-ethyl adjacent to an activating group) is 2. The SMILES string of the molecule is CCN1C(=O)[C@](C)(CC)N(CC)c2nc(CCc3cnn(Cc4cc(F)c(F)c(F)c4)c3)ncc21. The number of halogens is 3. The lowest BCUT2D eigenvalue weighted by Gasteiger charge is -2.47. The minimum atomic E-state index is -1.48. The van der Waals surface area contributed by atoms with Gasteiger partial charge in [-0.15, -0.1) is 0 Å². The first kappa shape index (κ1) is 24.7. The molecule has 0 aliphatic carbocycles. The van der Waals surface area contributed by atoms with Crippen molar-refractivity contribution in [3.63, 3.8) is 0 Å². The molecule has 0 bridgehead atoms. The number of carbonyl (C=O) groups is 1. The fourth-order valence-electron chi connectivity index (χ4n) is 4.58. The van der Waals surface area contributed by atoms with Crippen LogP contribution >= 0.6 is 0 Å². The summed E-state index contributed by atoms with van der Waals surface area (Å²) < 4.78 is 41.7. The van der Waals surface area contributed by atoms with E-state index >= 15 is 0 Å². The number of hydrogen-bond donors (Lipinski definition) is 0. The molecule has 186 valence electrons. The van der Waals surface area contributed by atoms with Crippen molar-refractivity contribution in [2.45, 2.75) is 59.0 Å². The van der Waals surface area contributed by atoms with Gasteiger partial charge in [-0.25, -0.2) is 23.1 Å². The van der Waals surface area contributed by atoms with Gasteiger partial charge in [-0.2, -0.15) is 5.10 Å². The summed E-state index contributed by atoms with van der Waals surface area (Å²) in [7, 11) is 0. The summed E-state index contributed by atoms with van der Waals surface area (Å²) in [5, 5.41) is 4.25. The summed E-state index contributed by atoms with van der Waals surface area (Å²) in [6, 6.07) is 1.93. The predicted octanol–water partition coefficient (Wildman–Crippen LogP) is 4.29. The van der Waals surface area contributed by atoms with E-state index in [1.54, 1.807) is 28.2 Å².